The number of primary amides is 2. The fourth-order valence-corrected chi connectivity index (χ4v) is 5.05. The van der Waals surface area contributed by atoms with Crippen molar-refractivity contribution in [1.29, 1.82) is 0 Å². The van der Waals surface area contributed by atoms with Crippen molar-refractivity contribution in [2.24, 2.45) is 11.5 Å². The number of anilines is 2. The molecule has 164 valence electrons. The van der Waals surface area contributed by atoms with E-state index in [-0.39, 0.29) is 5.92 Å². The molecule has 7 heteroatoms. The molecule has 3 aromatic rings. The number of nitrogens with one attached hydrogen (secondary N) is 1. The van der Waals surface area contributed by atoms with Crippen LogP contribution in [0.1, 0.15) is 69.1 Å². The summed E-state index contributed by atoms with van der Waals surface area (Å²) in [7, 11) is 0. The first kappa shape index (κ1) is 20.3. The third-order valence-electron chi connectivity index (χ3n) is 6.58. The molecule has 2 amide bonds. The van der Waals surface area contributed by atoms with E-state index in [0.717, 1.165) is 65.9 Å². The fraction of sp³-hybridized carbons (Fsp3) is 0.320. The smallest absolute Gasteiger partial charge is 0.252 e. The van der Waals surface area contributed by atoms with Crippen molar-refractivity contribution in [2.45, 2.75) is 44.9 Å². The van der Waals surface area contributed by atoms with Crippen LogP contribution in [0.2, 0.25) is 0 Å². The van der Waals surface area contributed by atoms with E-state index in [9.17, 15) is 9.59 Å². The van der Waals surface area contributed by atoms with Crippen LogP contribution < -0.4 is 21.5 Å². The van der Waals surface area contributed by atoms with Crippen molar-refractivity contribution in [3.05, 3.63) is 58.3 Å². The normalized spacial score (nSPS) is 15.5. The van der Waals surface area contributed by atoms with Crippen LogP contribution in [0.3, 0.4) is 0 Å². The molecule has 7 nitrogen and oxygen atoms in total. The molecule has 0 radical (unpaired) electrons. The summed E-state index contributed by atoms with van der Waals surface area (Å²) in [5.74, 6) is -0.0493. The first-order valence-corrected chi connectivity index (χ1v) is 11.0. The lowest BCUT2D eigenvalue weighted by Crippen LogP contribution is -2.20. The van der Waals surface area contributed by atoms with E-state index in [4.69, 9.17) is 21.2 Å². The third-order valence-corrected chi connectivity index (χ3v) is 6.58. The Morgan fingerprint density at radius 2 is 1.91 bits per heavy atom. The Morgan fingerprint density at radius 1 is 1.12 bits per heavy atom. The number of benzene rings is 2. The van der Waals surface area contributed by atoms with E-state index in [1.807, 2.05) is 25.1 Å². The molecule has 0 bridgehead atoms. The molecule has 0 unspecified atom stereocenters. The van der Waals surface area contributed by atoms with E-state index in [2.05, 4.69) is 5.32 Å². The van der Waals surface area contributed by atoms with Crippen molar-refractivity contribution in [2.75, 3.05) is 11.9 Å². The Kier molecular flexibility index (Phi) is 4.96. The summed E-state index contributed by atoms with van der Waals surface area (Å²) in [6.45, 7) is 2.52. The minimum Gasteiger partial charge on any atom is -0.493 e. The van der Waals surface area contributed by atoms with E-state index >= 15 is 0 Å². The monoisotopic (exact) mass is 430 g/mol. The van der Waals surface area contributed by atoms with Gasteiger partial charge in [0.15, 0.2) is 0 Å². The first-order valence-electron chi connectivity index (χ1n) is 11.0. The molecule has 2 aliphatic rings. The number of nitrogens with two attached hydrogens (primary N) is 2. The van der Waals surface area contributed by atoms with Gasteiger partial charge in [0.05, 0.1) is 29.1 Å². The maximum Gasteiger partial charge on any atom is 0.252 e. The van der Waals surface area contributed by atoms with Gasteiger partial charge in [0.2, 0.25) is 5.91 Å². The summed E-state index contributed by atoms with van der Waals surface area (Å²) in [5.41, 5.74) is 17.1. The van der Waals surface area contributed by atoms with Gasteiger partial charge in [-0.05, 0) is 49.6 Å². The maximum absolute atomic E-state index is 12.8. The Balaban J connectivity index is 1.81. The van der Waals surface area contributed by atoms with Crippen molar-refractivity contribution in [1.82, 2.24) is 4.98 Å². The molecule has 1 aliphatic carbocycles. The van der Waals surface area contributed by atoms with Crippen LogP contribution in [0.5, 0.6) is 5.75 Å². The second kappa shape index (κ2) is 7.82. The average Bonchev–Trinajstić information content (AvgIpc) is 3.46. The van der Waals surface area contributed by atoms with Crippen LogP contribution in [0, 0.1) is 6.92 Å². The summed E-state index contributed by atoms with van der Waals surface area (Å²) in [6.07, 6.45) is 4.94. The highest BCUT2D eigenvalue weighted by molar-refractivity contribution is 6.11. The van der Waals surface area contributed by atoms with Gasteiger partial charge in [-0.2, -0.15) is 0 Å². The van der Waals surface area contributed by atoms with Crippen LogP contribution in [0.15, 0.2) is 30.3 Å². The van der Waals surface area contributed by atoms with Crippen LogP contribution >= 0.6 is 0 Å². The molecule has 1 saturated carbocycles. The zero-order valence-electron chi connectivity index (χ0n) is 18.0. The van der Waals surface area contributed by atoms with Gasteiger partial charge >= 0.3 is 0 Å². The highest BCUT2D eigenvalue weighted by Gasteiger charge is 2.29. The molecule has 1 fully saturated rings. The Labute approximate surface area is 186 Å². The molecule has 0 atom stereocenters. The van der Waals surface area contributed by atoms with Crippen molar-refractivity contribution < 1.29 is 14.3 Å². The van der Waals surface area contributed by atoms with Gasteiger partial charge < -0.3 is 21.5 Å². The predicted molar refractivity (Wildman–Crippen MR) is 124 cm³/mol. The summed E-state index contributed by atoms with van der Waals surface area (Å²) in [6, 6.07) is 9.26. The lowest BCUT2D eigenvalue weighted by atomic mass is 9.93. The Bertz CT molecular complexity index is 1260. The largest absolute Gasteiger partial charge is 0.493 e. The summed E-state index contributed by atoms with van der Waals surface area (Å²) in [5, 5.41) is 4.14. The number of fused-ring (bicyclic) bond motifs is 2. The molecular formula is C25H26N4O3. The lowest BCUT2D eigenvalue weighted by molar-refractivity contribution is 0.0992. The third kappa shape index (κ3) is 3.34. The zero-order valence-corrected chi connectivity index (χ0v) is 18.0. The van der Waals surface area contributed by atoms with Crippen molar-refractivity contribution in [3.8, 4) is 5.75 Å². The summed E-state index contributed by atoms with van der Waals surface area (Å²) < 4.78 is 5.71. The second-order valence-electron chi connectivity index (χ2n) is 8.65. The van der Waals surface area contributed by atoms with Gasteiger partial charge in [-0.25, -0.2) is 0 Å². The Morgan fingerprint density at radius 3 is 2.62 bits per heavy atom. The predicted octanol–water partition coefficient (Wildman–Crippen LogP) is 4.08. The average molecular weight is 431 g/mol. The van der Waals surface area contributed by atoms with Crippen molar-refractivity contribution >= 4 is 34.1 Å². The van der Waals surface area contributed by atoms with E-state index < -0.39 is 11.8 Å². The van der Waals surface area contributed by atoms with Gasteiger partial charge in [-0.1, -0.05) is 18.9 Å². The van der Waals surface area contributed by atoms with Crippen LogP contribution in [0.4, 0.5) is 11.4 Å². The van der Waals surface area contributed by atoms with Crippen LogP contribution in [0.25, 0.3) is 10.9 Å². The minimum atomic E-state index is -0.533. The molecule has 2 heterocycles. The molecule has 5 N–H and O–H groups in total. The van der Waals surface area contributed by atoms with Crippen LogP contribution in [-0.2, 0) is 6.42 Å². The van der Waals surface area contributed by atoms with Crippen LogP contribution in [-0.4, -0.2) is 23.4 Å². The number of ether oxygens (including phenoxy) is 1. The Hall–Kier alpha value is -3.61. The minimum absolute atomic E-state index is 0.183. The molecule has 32 heavy (non-hydrogen) atoms. The van der Waals surface area contributed by atoms with E-state index in [1.54, 1.807) is 12.1 Å². The number of aromatic nitrogens is 1. The number of carbonyl (C=O) groups is 2. The molecule has 1 aromatic heterocycles. The molecule has 5 rings (SSSR count). The number of carbonyl (C=O) groups excluding carboxylic acids is 2. The molecular weight excluding hydrogens is 404 g/mol. The van der Waals surface area contributed by atoms with E-state index in [0.29, 0.717) is 28.8 Å². The SMILES string of the molecule is Cc1cc(C(N)=O)cc2c(Nc3cccc4c3CCO4)c(C(N)=O)c(C3CCCC3)nc12. The summed E-state index contributed by atoms with van der Waals surface area (Å²) in [4.78, 5) is 29.7. The number of hydrogen-bond donors (Lipinski definition) is 3. The fourth-order valence-electron chi connectivity index (χ4n) is 5.05. The lowest BCUT2D eigenvalue weighted by Gasteiger charge is -2.21. The van der Waals surface area contributed by atoms with Gasteiger partial charge in [0.25, 0.3) is 5.91 Å². The maximum atomic E-state index is 12.8. The number of nitrogens with zero attached hydrogens (tertiary/aromatic N) is 1. The number of rotatable bonds is 5. The van der Waals surface area contributed by atoms with Gasteiger partial charge in [-0.3, -0.25) is 14.6 Å². The number of hydrogen-bond acceptors (Lipinski definition) is 5. The molecule has 2 aromatic carbocycles. The summed E-state index contributed by atoms with van der Waals surface area (Å²) >= 11 is 0. The van der Waals surface area contributed by atoms with Gasteiger partial charge in [-0.15, -0.1) is 0 Å². The highest BCUT2D eigenvalue weighted by atomic mass is 16.5. The molecule has 1 aliphatic heterocycles. The first-order chi connectivity index (χ1) is 15.4. The quantitative estimate of drug-likeness (QED) is 0.563. The number of amides is 2. The highest BCUT2D eigenvalue weighted by Crippen LogP contribution is 2.42. The van der Waals surface area contributed by atoms with Crippen molar-refractivity contribution in [3.63, 3.8) is 0 Å². The van der Waals surface area contributed by atoms with Gasteiger partial charge in [0, 0.05) is 34.5 Å². The van der Waals surface area contributed by atoms with Gasteiger partial charge in [0.1, 0.15) is 5.75 Å². The molecule has 0 spiro atoms. The topological polar surface area (TPSA) is 120 Å². The number of aryl methyl sites for hydroxylation is 1. The van der Waals surface area contributed by atoms with E-state index in [1.165, 1.54) is 0 Å². The number of pyridine rings is 1. The molecule has 0 saturated heterocycles. The standard InChI is InChI=1S/C25H26N4O3/c1-13-11-15(24(26)30)12-17-21(13)29-22(14-5-2-3-6-14)20(25(27)31)23(17)28-18-7-4-8-19-16(18)9-10-32-19/h4,7-8,11-12,14H,2-3,5-6,9-10H2,1H3,(H2,26,30)(H2,27,31)(H,28,29). The second-order valence-corrected chi connectivity index (χ2v) is 8.65. The zero-order chi connectivity index (χ0) is 22.4.